The van der Waals surface area contributed by atoms with Crippen LogP contribution < -0.4 is 0 Å². The summed E-state index contributed by atoms with van der Waals surface area (Å²) in [7, 11) is -1.30. The van der Waals surface area contributed by atoms with Crippen molar-refractivity contribution < 1.29 is 29.5 Å². The van der Waals surface area contributed by atoms with Crippen LogP contribution in [0.1, 0.15) is 48.6 Å². The molecule has 0 saturated heterocycles. The van der Waals surface area contributed by atoms with E-state index in [1.54, 1.807) is 0 Å². The van der Waals surface area contributed by atoms with Gasteiger partial charge in [0.25, 0.3) is 0 Å². The van der Waals surface area contributed by atoms with Crippen LogP contribution >= 0.6 is 22.6 Å². The normalized spacial score (nSPS) is 12.6. The molecule has 0 fully saturated rings. The Balaban J connectivity index is 0.000000343. The van der Waals surface area contributed by atoms with Crippen LogP contribution in [0, 0.1) is 27.4 Å². The van der Waals surface area contributed by atoms with Crippen LogP contribution in [0.2, 0.25) is 19.6 Å². The van der Waals surface area contributed by atoms with Crippen molar-refractivity contribution in [3.8, 4) is 23.8 Å². The molecule has 0 aromatic heterocycles. The monoisotopic (exact) mass is 744 g/mol. The SMILES string of the molecule is C#Cc1ccc(COC(C)CO)cc1.CC(CO)OCc1ccc(C#C[Si](C)(C)C)cc1.CC(CO)OCc1ccc(I)cc1. The molecule has 0 spiro atoms. The van der Waals surface area contributed by atoms with Crippen LogP contribution in [0.5, 0.6) is 0 Å². The fraction of sp³-hybridized carbons (Fsp3) is 0.405. The minimum atomic E-state index is -1.30. The van der Waals surface area contributed by atoms with Gasteiger partial charge in [0, 0.05) is 14.7 Å². The molecule has 3 atom stereocenters. The Bertz CT molecular complexity index is 1300. The Kier molecular flexibility index (Phi) is 20.6. The van der Waals surface area contributed by atoms with Crippen LogP contribution in [-0.2, 0) is 34.0 Å². The molecule has 0 radical (unpaired) electrons. The second kappa shape index (κ2) is 22.9. The van der Waals surface area contributed by atoms with Crippen molar-refractivity contribution in [2.45, 2.75) is 78.5 Å². The number of benzene rings is 3. The van der Waals surface area contributed by atoms with Gasteiger partial charge in [0.05, 0.1) is 58.0 Å². The first-order chi connectivity index (χ1) is 21.4. The van der Waals surface area contributed by atoms with E-state index in [2.05, 4.69) is 59.6 Å². The topological polar surface area (TPSA) is 88.4 Å². The summed E-state index contributed by atoms with van der Waals surface area (Å²) in [4.78, 5) is 0. The lowest BCUT2D eigenvalue weighted by atomic mass is 10.1. The second-order valence-electron chi connectivity index (χ2n) is 11.6. The fourth-order valence-electron chi connectivity index (χ4n) is 3.10. The van der Waals surface area contributed by atoms with E-state index in [0.29, 0.717) is 19.8 Å². The first-order valence-electron chi connectivity index (χ1n) is 15.0. The van der Waals surface area contributed by atoms with E-state index in [-0.39, 0.29) is 38.1 Å². The average molecular weight is 745 g/mol. The molecule has 0 heterocycles. The lowest BCUT2D eigenvalue weighted by Crippen LogP contribution is -2.16. The van der Waals surface area contributed by atoms with Gasteiger partial charge in [-0.1, -0.05) is 67.9 Å². The molecule has 6 nitrogen and oxygen atoms in total. The summed E-state index contributed by atoms with van der Waals surface area (Å²) >= 11 is 2.26. The molecule has 3 aromatic carbocycles. The molecule has 8 heteroatoms. The molecule has 0 aliphatic rings. The van der Waals surface area contributed by atoms with Crippen LogP contribution in [0.15, 0.2) is 72.8 Å². The molecule has 0 aliphatic heterocycles. The van der Waals surface area contributed by atoms with Crippen LogP contribution in [0.25, 0.3) is 0 Å². The van der Waals surface area contributed by atoms with E-state index in [1.807, 2.05) is 93.6 Å². The Morgan fingerprint density at radius 2 is 0.956 bits per heavy atom. The van der Waals surface area contributed by atoms with Crippen LogP contribution in [0.4, 0.5) is 0 Å². The number of terminal acetylenes is 1. The molecule has 3 unspecified atom stereocenters. The highest BCUT2D eigenvalue weighted by molar-refractivity contribution is 14.1. The van der Waals surface area contributed by atoms with E-state index in [4.69, 9.17) is 36.0 Å². The smallest absolute Gasteiger partial charge is 0.129 e. The number of hydrogen-bond donors (Lipinski definition) is 3. The molecular formula is C37H49IO6Si. The lowest BCUT2D eigenvalue weighted by Gasteiger charge is -2.09. The summed E-state index contributed by atoms with van der Waals surface area (Å²) in [6.07, 6.45) is 4.91. The maximum atomic E-state index is 8.86. The van der Waals surface area contributed by atoms with Crippen molar-refractivity contribution in [3.63, 3.8) is 0 Å². The molecule has 0 bridgehead atoms. The van der Waals surface area contributed by atoms with Crippen LogP contribution in [0.3, 0.4) is 0 Å². The van der Waals surface area contributed by atoms with Gasteiger partial charge in [-0.25, -0.2) is 0 Å². The Hall–Kier alpha value is -2.51. The third kappa shape index (κ3) is 20.3. The highest BCUT2D eigenvalue weighted by atomic mass is 127. The molecule has 0 amide bonds. The highest BCUT2D eigenvalue weighted by Crippen LogP contribution is 2.09. The van der Waals surface area contributed by atoms with Crippen molar-refractivity contribution in [2.75, 3.05) is 19.8 Å². The van der Waals surface area contributed by atoms with Crippen LogP contribution in [-0.4, -0.2) is 61.5 Å². The maximum absolute atomic E-state index is 8.86. The Morgan fingerprint density at radius 1 is 0.622 bits per heavy atom. The number of aliphatic hydroxyl groups is 3. The second-order valence-corrected chi connectivity index (χ2v) is 17.6. The van der Waals surface area contributed by atoms with Gasteiger partial charge < -0.3 is 29.5 Å². The number of halogens is 1. The standard InChI is InChI=1S/C15H22O2Si.C12H14O2.C10H13IO2/c1-13(11-16)17-12-15-7-5-14(6-8-15)9-10-18(2,3)4;1-3-11-4-6-12(7-5-11)9-14-10(2)8-13;1-8(6-12)13-7-9-2-4-10(11)5-3-9/h5-8,13,16H,11-12H2,1-4H3;1,4-7,10,13H,8-9H2,2H3;2-5,8,12H,6-7H2,1H3. The van der Waals surface area contributed by atoms with E-state index in [0.717, 1.165) is 27.8 Å². The van der Waals surface area contributed by atoms with Gasteiger partial charge in [-0.05, 0) is 96.5 Å². The minimum Gasteiger partial charge on any atom is -0.394 e. The Morgan fingerprint density at radius 3 is 1.27 bits per heavy atom. The minimum absolute atomic E-state index is 0.0441. The molecule has 244 valence electrons. The molecular weight excluding hydrogens is 695 g/mol. The third-order valence-electron chi connectivity index (χ3n) is 5.94. The highest BCUT2D eigenvalue weighted by Gasteiger charge is 2.07. The van der Waals surface area contributed by atoms with Gasteiger partial charge in [-0.3, -0.25) is 0 Å². The predicted octanol–water partition coefficient (Wildman–Crippen LogP) is 6.57. The van der Waals surface area contributed by atoms with Crippen molar-refractivity contribution in [2.24, 2.45) is 0 Å². The largest absolute Gasteiger partial charge is 0.394 e. The van der Waals surface area contributed by atoms with Gasteiger partial charge in [0.2, 0.25) is 0 Å². The summed E-state index contributed by atoms with van der Waals surface area (Å²) in [5.74, 6) is 5.77. The zero-order chi connectivity index (χ0) is 33.7. The van der Waals surface area contributed by atoms with E-state index in [9.17, 15) is 0 Å². The quantitative estimate of drug-likeness (QED) is 0.111. The molecule has 3 aromatic rings. The van der Waals surface area contributed by atoms with Gasteiger partial charge in [-0.2, -0.15) is 0 Å². The van der Waals surface area contributed by atoms with E-state index in [1.165, 1.54) is 3.57 Å². The van der Waals surface area contributed by atoms with E-state index < -0.39 is 8.07 Å². The fourth-order valence-corrected chi connectivity index (χ4v) is 3.97. The third-order valence-corrected chi connectivity index (χ3v) is 7.54. The van der Waals surface area contributed by atoms with Gasteiger partial charge in [-0.15, -0.1) is 12.0 Å². The zero-order valence-corrected chi connectivity index (χ0v) is 30.6. The van der Waals surface area contributed by atoms with E-state index >= 15 is 0 Å². The average Bonchev–Trinajstić information content (AvgIpc) is 3.05. The van der Waals surface area contributed by atoms with Crippen molar-refractivity contribution in [3.05, 3.63) is 104 Å². The van der Waals surface area contributed by atoms with Gasteiger partial charge in [0.15, 0.2) is 0 Å². The zero-order valence-electron chi connectivity index (χ0n) is 27.4. The predicted molar refractivity (Wildman–Crippen MR) is 194 cm³/mol. The van der Waals surface area contributed by atoms with Gasteiger partial charge in [0.1, 0.15) is 8.07 Å². The van der Waals surface area contributed by atoms with Crippen molar-refractivity contribution >= 4 is 30.7 Å². The molecule has 3 rings (SSSR count). The molecule has 0 aliphatic carbocycles. The number of rotatable bonds is 12. The van der Waals surface area contributed by atoms with Crippen molar-refractivity contribution in [1.29, 1.82) is 0 Å². The maximum Gasteiger partial charge on any atom is 0.129 e. The summed E-state index contributed by atoms with van der Waals surface area (Å²) in [5.41, 5.74) is 8.56. The number of hydrogen-bond acceptors (Lipinski definition) is 6. The summed E-state index contributed by atoms with van der Waals surface area (Å²) in [6.45, 7) is 14.0. The van der Waals surface area contributed by atoms with Crippen molar-refractivity contribution in [1.82, 2.24) is 0 Å². The molecule has 0 saturated carbocycles. The molecule has 45 heavy (non-hydrogen) atoms. The lowest BCUT2D eigenvalue weighted by molar-refractivity contribution is 0.0144. The first-order valence-corrected chi connectivity index (χ1v) is 19.6. The summed E-state index contributed by atoms with van der Waals surface area (Å²) in [6, 6.07) is 23.9. The molecule has 3 N–H and O–H groups in total. The summed E-state index contributed by atoms with van der Waals surface area (Å²) < 4.78 is 17.4. The van der Waals surface area contributed by atoms with Gasteiger partial charge >= 0.3 is 0 Å². The Labute approximate surface area is 285 Å². The number of aliphatic hydroxyl groups excluding tert-OH is 3. The number of ether oxygens (including phenoxy) is 3. The summed E-state index contributed by atoms with van der Waals surface area (Å²) in [5, 5.41) is 26.3. The first kappa shape index (κ1) is 40.5.